The third kappa shape index (κ3) is 2.91. The Morgan fingerprint density at radius 2 is 1.73 bits per heavy atom. The summed E-state index contributed by atoms with van der Waals surface area (Å²) >= 11 is 0. The quantitative estimate of drug-likeness (QED) is 0.423. The molecule has 186 valence electrons. The average Bonchev–Trinajstić information content (AvgIpc) is 3.35. The maximum atomic E-state index is 15.6. The zero-order valence-electron chi connectivity index (χ0n) is 19.6. The van der Waals surface area contributed by atoms with Crippen molar-refractivity contribution in [1.29, 1.82) is 0 Å². The van der Waals surface area contributed by atoms with Gasteiger partial charge in [-0.2, -0.15) is 0 Å². The first-order valence-corrected chi connectivity index (χ1v) is 12.3. The maximum absolute atomic E-state index is 15.6. The molecular weight excluding hydrogens is 478 g/mol. The number of nitrogens with zero attached hydrogens (tertiary/aromatic N) is 4. The Hall–Kier alpha value is -4.40. The molecule has 1 fully saturated rings. The number of carbonyl (C=O) groups is 1. The molecule has 4 aromatic rings. The van der Waals surface area contributed by atoms with Gasteiger partial charge in [0.05, 0.1) is 11.4 Å². The van der Waals surface area contributed by atoms with Crippen molar-refractivity contribution < 1.29 is 18.7 Å². The summed E-state index contributed by atoms with van der Waals surface area (Å²) in [7, 11) is 0. The highest BCUT2D eigenvalue weighted by atomic mass is 19.2. The first kappa shape index (κ1) is 21.8. The van der Waals surface area contributed by atoms with Gasteiger partial charge in [-0.25, -0.2) is 8.78 Å². The molecule has 9 heteroatoms. The second-order valence-electron chi connectivity index (χ2n) is 9.63. The number of benzene rings is 2. The molecule has 37 heavy (non-hydrogen) atoms. The summed E-state index contributed by atoms with van der Waals surface area (Å²) in [6, 6.07) is 14.4. The molecule has 3 aliphatic rings. The van der Waals surface area contributed by atoms with Gasteiger partial charge in [0, 0.05) is 36.1 Å². The second kappa shape index (κ2) is 7.80. The van der Waals surface area contributed by atoms with Gasteiger partial charge in [0.1, 0.15) is 12.2 Å². The molecular formula is C28H22F2N4O3. The normalized spacial score (nSPS) is 19.9. The van der Waals surface area contributed by atoms with Gasteiger partial charge in [-0.3, -0.25) is 19.3 Å². The number of fused-ring (bicyclic) bond motifs is 7. The van der Waals surface area contributed by atoms with Crippen LogP contribution in [0.5, 0.6) is 5.75 Å². The van der Waals surface area contributed by atoms with Crippen LogP contribution in [0, 0.1) is 11.6 Å². The largest absolute Gasteiger partial charge is 0.502 e. The Kier molecular flexibility index (Phi) is 4.60. The maximum Gasteiger partial charge on any atom is 0.278 e. The van der Waals surface area contributed by atoms with Gasteiger partial charge < -0.3 is 14.6 Å². The zero-order chi connectivity index (χ0) is 25.4. The van der Waals surface area contributed by atoms with Crippen molar-refractivity contribution in [3.8, 4) is 22.7 Å². The minimum absolute atomic E-state index is 0.129. The number of aromatic nitrogens is 2. The van der Waals surface area contributed by atoms with Crippen LogP contribution in [0.3, 0.4) is 0 Å². The Labute approximate surface area is 210 Å². The minimum atomic E-state index is -0.953. The highest BCUT2D eigenvalue weighted by Crippen LogP contribution is 2.46. The van der Waals surface area contributed by atoms with E-state index in [0.29, 0.717) is 24.2 Å². The van der Waals surface area contributed by atoms with E-state index in [-0.39, 0.29) is 11.3 Å². The van der Waals surface area contributed by atoms with Crippen molar-refractivity contribution in [1.82, 2.24) is 14.1 Å². The standard InChI is InChI=1S/C28H22F2N4O3/c29-18-11-10-17-23(24(18)30)20-8-5-14-31(20)19-7-2-1-6-16(19)25(17)34-22-9-3-4-13-32(22)28(37)26-27(36)21(35)12-15-33(26)34/h1-2,5-8,10-12,14-15,22,25,36H,3-4,9,13H2/t22-,25-/m1/s1. The van der Waals surface area contributed by atoms with Crippen molar-refractivity contribution in [2.24, 2.45) is 0 Å². The van der Waals surface area contributed by atoms with Crippen LogP contribution in [0.4, 0.5) is 8.78 Å². The molecule has 1 saturated heterocycles. The predicted octanol–water partition coefficient (Wildman–Crippen LogP) is 4.30. The lowest BCUT2D eigenvalue weighted by Gasteiger charge is -2.51. The molecule has 0 spiro atoms. The van der Waals surface area contributed by atoms with E-state index in [1.165, 1.54) is 16.9 Å². The van der Waals surface area contributed by atoms with Gasteiger partial charge in [-0.05, 0) is 49.1 Å². The average molecular weight is 501 g/mol. The molecule has 1 amide bonds. The first-order chi connectivity index (χ1) is 18.0. The SMILES string of the molecule is O=C1c2c(O)c(=O)ccn2N([C@@H]2c3ccccc3-n3cccc3-c3c2ccc(F)c3F)[C@@H]2CCCCN12. The number of rotatable bonds is 1. The third-order valence-corrected chi connectivity index (χ3v) is 7.72. The summed E-state index contributed by atoms with van der Waals surface area (Å²) in [5, 5.41) is 12.7. The molecule has 7 rings (SSSR count). The Morgan fingerprint density at radius 1 is 0.892 bits per heavy atom. The van der Waals surface area contributed by atoms with E-state index in [4.69, 9.17) is 0 Å². The fraction of sp³-hybridized carbons (Fsp3) is 0.214. The fourth-order valence-electron chi connectivity index (χ4n) is 6.15. The number of amides is 1. The van der Waals surface area contributed by atoms with E-state index >= 15 is 4.39 Å². The summed E-state index contributed by atoms with van der Waals surface area (Å²) < 4.78 is 33.7. The van der Waals surface area contributed by atoms with Crippen LogP contribution in [0.25, 0.3) is 16.9 Å². The molecule has 1 N–H and O–H groups in total. The fourth-order valence-corrected chi connectivity index (χ4v) is 6.15. The van der Waals surface area contributed by atoms with E-state index in [1.54, 1.807) is 23.1 Å². The number of piperidine rings is 1. The number of hydrogen-bond donors (Lipinski definition) is 1. The van der Waals surface area contributed by atoms with Crippen molar-refractivity contribution in [2.75, 3.05) is 11.6 Å². The van der Waals surface area contributed by atoms with E-state index in [2.05, 4.69) is 0 Å². The Bertz CT molecular complexity index is 1660. The molecule has 2 aromatic carbocycles. The second-order valence-corrected chi connectivity index (χ2v) is 9.63. The van der Waals surface area contributed by atoms with Gasteiger partial charge >= 0.3 is 0 Å². The van der Waals surface area contributed by atoms with Crippen molar-refractivity contribution in [3.63, 3.8) is 0 Å². The molecule has 5 heterocycles. The predicted molar refractivity (Wildman–Crippen MR) is 132 cm³/mol. The topological polar surface area (TPSA) is 70.7 Å². The number of hydrogen-bond acceptors (Lipinski definition) is 4. The molecule has 0 unspecified atom stereocenters. The lowest BCUT2D eigenvalue weighted by molar-refractivity contribution is 0.0463. The van der Waals surface area contributed by atoms with Gasteiger partial charge in [-0.15, -0.1) is 0 Å². The third-order valence-electron chi connectivity index (χ3n) is 7.72. The summed E-state index contributed by atoms with van der Waals surface area (Å²) in [6.07, 6.45) is 5.17. The number of carbonyl (C=O) groups excluding carboxylic acids is 1. The van der Waals surface area contributed by atoms with Crippen molar-refractivity contribution in [2.45, 2.75) is 31.5 Å². The van der Waals surface area contributed by atoms with Crippen LogP contribution in [-0.2, 0) is 0 Å². The van der Waals surface area contributed by atoms with Gasteiger partial charge in [0.2, 0.25) is 5.43 Å². The lowest BCUT2D eigenvalue weighted by atomic mass is 9.91. The monoisotopic (exact) mass is 500 g/mol. The molecule has 0 saturated carbocycles. The first-order valence-electron chi connectivity index (χ1n) is 12.3. The van der Waals surface area contributed by atoms with Crippen LogP contribution in [0.1, 0.15) is 46.9 Å². The molecule has 0 bridgehead atoms. The van der Waals surface area contributed by atoms with Crippen molar-refractivity contribution >= 4 is 5.91 Å². The van der Waals surface area contributed by atoms with Gasteiger partial charge in [0.25, 0.3) is 5.91 Å². The number of halogens is 2. The number of aromatic hydroxyl groups is 1. The Morgan fingerprint density at radius 3 is 2.59 bits per heavy atom. The van der Waals surface area contributed by atoms with Crippen LogP contribution in [0.2, 0.25) is 0 Å². The number of pyridine rings is 1. The van der Waals surface area contributed by atoms with E-state index in [0.717, 1.165) is 30.2 Å². The summed E-state index contributed by atoms with van der Waals surface area (Å²) in [6.45, 7) is 0.460. The Balaban J connectivity index is 1.59. The van der Waals surface area contributed by atoms with E-state index in [1.807, 2.05) is 40.0 Å². The highest BCUT2D eigenvalue weighted by Gasteiger charge is 2.46. The molecule has 3 aliphatic heterocycles. The van der Waals surface area contributed by atoms with Crippen LogP contribution in [0.15, 0.2) is 71.8 Å². The molecule has 2 atom stereocenters. The molecule has 2 aromatic heterocycles. The van der Waals surface area contributed by atoms with Gasteiger partial charge in [0.15, 0.2) is 23.1 Å². The number of para-hydroxylation sites is 1. The van der Waals surface area contributed by atoms with Crippen molar-refractivity contribution in [3.05, 3.63) is 106 Å². The van der Waals surface area contributed by atoms with Crippen LogP contribution in [-0.4, -0.2) is 37.9 Å². The smallest absolute Gasteiger partial charge is 0.278 e. The summed E-state index contributed by atoms with van der Waals surface area (Å²) in [4.78, 5) is 27.6. The highest BCUT2D eigenvalue weighted by molar-refractivity contribution is 5.96. The van der Waals surface area contributed by atoms with E-state index < -0.39 is 40.9 Å². The van der Waals surface area contributed by atoms with Gasteiger partial charge in [-0.1, -0.05) is 24.3 Å². The minimum Gasteiger partial charge on any atom is -0.502 e. The van der Waals surface area contributed by atoms with Crippen LogP contribution >= 0.6 is 0 Å². The molecule has 0 aliphatic carbocycles. The zero-order valence-corrected chi connectivity index (χ0v) is 19.6. The van der Waals surface area contributed by atoms with Crippen LogP contribution < -0.4 is 10.4 Å². The lowest BCUT2D eigenvalue weighted by Crippen LogP contribution is -2.63. The summed E-state index contributed by atoms with van der Waals surface area (Å²) in [5.74, 6) is -2.95. The molecule has 0 radical (unpaired) electrons. The van der Waals surface area contributed by atoms with E-state index in [9.17, 15) is 19.1 Å². The summed E-state index contributed by atoms with van der Waals surface area (Å²) in [5.41, 5.74) is 1.99. The molecule has 7 nitrogen and oxygen atoms in total.